The molecule has 0 radical (unpaired) electrons. The Kier molecular flexibility index (Phi) is 7.24. The van der Waals surface area contributed by atoms with Crippen LogP contribution in [-0.4, -0.2) is 32.6 Å². The van der Waals surface area contributed by atoms with Gasteiger partial charge in [0.2, 0.25) is 0 Å². The third-order valence-electron chi connectivity index (χ3n) is 1.25. The zero-order valence-electron chi connectivity index (χ0n) is 8.28. The van der Waals surface area contributed by atoms with E-state index in [1.165, 1.54) is 19.3 Å². The van der Waals surface area contributed by atoms with Crippen LogP contribution in [0.5, 0.6) is 0 Å². The van der Waals surface area contributed by atoms with E-state index in [1.807, 2.05) is 13.8 Å². The number of hydrogen-bond donors (Lipinski definition) is 0. The molecule has 76 valence electrons. The highest BCUT2D eigenvalue weighted by molar-refractivity contribution is 5.81. The summed E-state index contributed by atoms with van der Waals surface area (Å²) in [4.78, 5) is 10.7. The van der Waals surface area contributed by atoms with Gasteiger partial charge in [0.05, 0.1) is 7.11 Å². The molecule has 0 N–H and O–H groups in total. The molecular formula is C9H16O4. The van der Waals surface area contributed by atoms with E-state index in [0.717, 1.165) is 0 Å². The second-order valence-electron chi connectivity index (χ2n) is 2.16. The molecule has 0 aromatic heterocycles. The maximum atomic E-state index is 10.7. The molecule has 0 amide bonds. The molecule has 0 aliphatic carbocycles. The predicted molar refractivity (Wildman–Crippen MR) is 48.2 cm³/mol. The predicted octanol–water partition coefficient (Wildman–Crippen LogP) is 1.11. The van der Waals surface area contributed by atoms with Crippen LogP contribution in [0.3, 0.4) is 0 Å². The lowest BCUT2D eigenvalue weighted by Crippen LogP contribution is -2.14. The Morgan fingerprint density at radius 1 is 1.31 bits per heavy atom. The Morgan fingerprint density at radius 3 is 2.23 bits per heavy atom. The molecule has 0 spiro atoms. The summed E-state index contributed by atoms with van der Waals surface area (Å²) in [6, 6.07) is 0. The summed E-state index contributed by atoms with van der Waals surface area (Å²) in [6.45, 7) is 4.79. The quantitative estimate of drug-likeness (QED) is 0.356. The van der Waals surface area contributed by atoms with Gasteiger partial charge in [-0.3, -0.25) is 0 Å². The minimum Gasteiger partial charge on any atom is -0.466 e. The van der Waals surface area contributed by atoms with Gasteiger partial charge < -0.3 is 14.2 Å². The van der Waals surface area contributed by atoms with Crippen molar-refractivity contribution in [1.29, 1.82) is 0 Å². The van der Waals surface area contributed by atoms with Crippen molar-refractivity contribution in [2.75, 3.05) is 20.3 Å². The molecule has 0 fully saturated rings. The minimum absolute atomic E-state index is 0.413. The number of methoxy groups -OCH3 is 1. The SMILES string of the molecule is CCOC(C=CC(=O)OC)OCC. The highest BCUT2D eigenvalue weighted by atomic mass is 16.7. The van der Waals surface area contributed by atoms with E-state index < -0.39 is 12.3 Å². The third kappa shape index (κ3) is 6.31. The minimum atomic E-state index is -0.464. The van der Waals surface area contributed by atoms with Crippen LogP contribution in [0.4, 0.5) is 0 Å². The van der Waals surface area contributed by atoms with Crippen LogP contribution in [-0.2, 0) is 19.0 Å². The summed E-state index contributed by atoms with van der Waals surface area (Å²) in [5.41, 5.74) is 0. The van der Waals surface area contributed by atoms with Crippen molar-refractivity contribution < 1.29 is 19.0 Å². The first kappa shape index (κ1) is 12.1. The van der Waals surface area contributed by atoms with Gasteiger partial charge >= 0.3 is 5.97 Å². The summed E-state index contributed by atoms with van der Waals surface area (Å²) in [6.07, 6.45) is 2.35. The molecule has 13 heavy (non-hydrogen) atoms. The van der Waals surface area contributed by atoms with E-state index in [4.69, 9.17) is 9.47 Å². The second-order valence-corrected chi connectivity index (χ2v) is 2.16. The molecule has 0 aromatic carbocycles. The van der Waals surface area contributed by atoms with Gasteiger partial charge in [-0.15, -0.1) is 0 Å². The van der Waals surface area contributed by atoms with Crippen molar-refractivity contribution in [2.45, 2.75) is 20.1 Å². The van der Waals surface area contributed by atoms with Gasteiger partial charge in [0.1, 0.15) is 0 Å². The van der Waals surface area contributed by atoms with Crippen molar-refractivity contribution in [3.05, 3.63) is 12.2 Å². The number of esters is 1. The lowest BCUT2D eigenvalue weighted by atomic mass is 10.5. The standard InChI is InChI=1S/C9H16O4/c1-4-12-9(13-5-2)7-6-8(10)11-3/h6-7,9H,4-5H2,1-3H3. The van der Waals surface area contributed by atoms with Crippen LogP contribution in [0.2, 0.25) is 0 Å². The van der Waals surface area contributed by atoms with Crippen molar-refractivity contribution in [1.82, 2.24) is 0 Å². The van der Waals surface area contributed by atoms with E-state index in [-0.39, 0.29) is 0 Å². The molecule has 0 atom stereocenters. The van der Waals surface area contributed by atoms with E-state index in [0.29, 0.717) is 13.2 Å². The lowest BCUT2D eigenvalue weighted by Gasteiger charge is -2.11. The fourth-order valence-corrected chi connectivity index (χ4v) is 0.713. The van der Waals surface area contributed by atoms with Crippen molar-refractivity contribution >= 4 is 5.97 Å². The zero-order chi connectivity index (χ0) is 10.1. The molecule has 0 aromatic rings. The van der Waals surface area contributed by atoms with Gasteiger partial charge in [-0.05, 0) is 19.9 Å². The van der Waals surface area contributed by atoms with Gasteiger partial charge in [0.15, 0.2) is 6.29 Å². The van der Waals surface area contributed by atoms with Crippen molar-refractivity contribution in [3.8, 4) is 0 Å². The molecule has 0 saturated heterocycles. The highest BCUT2D eigenvalue weighted by Gasteiger charge is 2.02. The molecule has 0 saturated carbocycles. The fraction of sp³-hybridized carbons (Fsp3) is 0.667. The molecule has 0 bridgehead atoms. The van der Waals surface area contributed by atoms with Crippen molar-refractivity contribution in [2.24, 2.45) is 0 Å². The smallest absolute Gasteiger partial charge is 0.330 e. The Balaban J connectivity index is 3.91. The highest BCUT2D eigenvalue weighted by Crippen LogP contribution is 1.97. The summed E-state index contributed by atoms with van der Waals surface area (Å²) < 4.78 is 14.7. The first-order valence-corrected chi connectivity index (χ1v) is 4.23. The summed E-state index contributed by atoms with van der Waals surface area (Å²) >= 11 is 0. The molecule has 0 rings (SSSR count). The zero-order valence-corrected chi connectivity index (χ0v) is 8.28. The summed E-state index contributed by atoms with van der Waals surface area (Å²) in [7, 11) is 1.32. The number of carbonyl (C=O) groups excluding carboxylic acids is 1. The molecule has 4 nitrogen and oxygen atoms in total. The van der Waals surface area contributed by atoms with Gasteiger partial charge in [-0.1, -0.05) is 0 Å². The number of carbonyl (C=O) groups is 1. The topological polar surface area (TPSA) is 44.8 Å². The number of ether oxygens (including phenoxy) is 3. The monoisotopic (exact) mass is 188 g/mol. The molecule has 0 aliphatic heterocycles. The Hall–Kier alpha value is -0.870. The molecule has 4 heteroatoms. The Labute approximate surface area is 78.5 Å². The van der Waals surface area contributed by atoms with Crippen LogP contribution in [0.15, 0.2) is 12.2 Å². The van der Waals surface area contributed by atoms with Gasteiger partial charge in [-0.2, -0.15) is 0 Å². The van der Waals surface area contributed by atoms with E-state index in [1.54, 1.807) is 0 Å². The molecular weight excluding hydrogens is 172 g/mol. The van der Waals surface area contributed by atoms with Crippen LogP contribution >= 0.6 is 0 Å². The van der Waals surface area contributed by atoms with Crippen LogP contribution in [0, 0.1) is 0 Å². The summed E-state index contributed by atoms with van der Waals surface area (Å²) in [5.74, 6) is -0.413. The first-order chi connectivity index (χ1) is 6.24. The number of rotatable bonds is 6. The maximum absolute atomic E-state index is 10.7. The molecule has 0 heterocycles. The number of hydrogen-bond acceptors (Lipinski definition) is 4. The second kappa shape index (κ2) is 7.76. The largest absolute Gasteiger partial charge is 0.466 e. The van der Waals surface area contributed by atoms with Gasteiger partial charge in [-0.25, -0.2) is 4.79 Å². The third-order valence-corrected chi connectivity index (χ3v) is 1.25. The lowest BCUT2D eigenvalue weighted by molar-refractivity contribution is -0.135. The van der Waals surface area contributed by atoms with Crippen LogP contribution < -0.4 is 0 Å². The van der Waals surface area contributed by atoms with E-state index >= 15 is 0 Å². The fourth-order valence-electron chi connectivity index (χ4n) is 0.713. The molecule has 0 unspecified atom stereocenters. The van der Waals surface area contributed by atoms with Crippen molar-refractivity contribution in [3.63, 3.8) is 0 Å². The first-order valence-electron chi connectivity index (χ1n) is 4.23. The van der Waals surface area contributed by atoms with Gasteiger partial charge in [0.25, 0.3) is 0 Å². The van der Waals surface area contributed by atoms with E-state index in [9.17, 15) is 4.79 Å². The average molecular weight is 188 g/mol. The van der Waals surface area contributed by atoms with Gasteiger partial charge in [0, 0.05) is 19.3 Å². The van der Waals surface area contributed by atoms with Crippen LogP contribution in [0.25, 0.3) is 0 Å². The Bertz CT molecular complexity index is 159. The summed E-state index contributed by atoms with van der Waals surface area (Å²) in [5, 5.41) is 0. The van der Waals surface area contributed by atoms with Crippen LogP contribution in [0.1, 0.15) is 13.8 Å². The van der Waals surface area contributed by atoms with E-state index in [2.05, 4.69) is 4.74 Å². The molecule has 0 aliphatic rings. The Morgan fingerprint density at radius 2 is 1.85 bits per heavy atom. The maximum Gasteiger partial charge on any atom is 0.330 e. The normalized spacial score (nSPS) is 11.1. The average Bonchev–Trinajstić information content (AvgIpc) is 2.14.